The van der Waals surface area contributed by atoms with Gasteiger partial charge in [0, 0.05) is 33.8 Å². The first kappa shape index (κ1) is 32.8. The molecule has 256 valence electrons. The molecule has 0 bridgehead atoms. The van der Waals surface area contributed by atoms with Crippen molar-refractivity contribution in [3.63, 3.8) is 0 Å². The van der Waals surface area contributed by atoms with Crippen LogP contribution in [0.25, 0.3) is 93.3 Å². The monoisotopic (exact) mass is 690 g/mol. The Balaban J connectivity index is 0.000000724. The molecule has 8 aromatic carbocycles. The van der Waals surface area contributed by atoms with Crippen LogP contribution < -0.4 is 0 Å². The van der Waals surface area contributed by atoms with E-state index >= 15 is 0 Å². The molecule has 2 heterocycles. The number of hydrogen-bond donors (Lipinski definition) is 0. The number of allylic oxidation sites excluding steroid dienone is 3. The topological polar surface area (TPSA) is 17.8 Å². The van der Waals surface area contributed by atoms with Gasteiger partial charge < -0.3 is 4.57 Å². The summed E-state index contributed by atoms with van der Waals surface area (Å²) in [5, 5.41) is 9.94. The van der Waals surface area contributed by atoms with Crippen LogP contribution in [0.5, 0.6) is 0 Å². The van der Waals surface area contributed by atoms with Gasteiger partial charge in [-0.1, -0.05) is 164 Å². The maximum Gasteiger partial charge on any atom is 0.0703 e. The Morgan fingerprint density at radius 1 is 0.463 bits per heavy atom. The van der Waals surface area contributed by atoms with Crippen LogP contribution in [0.3, 0.4) is 0 Å². The second kappa shape index (κ2) is 14.2. The zero-order valence-electron chi connectivity index (χ0n) is 30.2. The van der Waals surface area contributed by atoms with E-state index in [1.54, 1.807) is 6.08 Å². The fourth-order valence-electron chi connectivity index (χ4n) is 7.92. The molecule has 10 aromatic rings. The molecule has 0 radical (unpaired) electrons. The molecule has 0 aliphatic heterocycles. The summed E-state index contributed by atoms with van der Waals surface area (Å²) in [6.07, 6.45) is 7.63. The minimum Gasteiger partial charge on any atom is -0.309 e. The summed E-state index contributed by atoms with van der Waals surface area (Å²) in [5.41, 5.74) is 10.4. The van der Waals surface area contributed by atoms with Crippen LogP contribution >= 0.6 is 0 Å². The average Bonchev–Trinajstić information content (AvgIpc) is 3.55. The molecule has 0 unspecified atom stereocenters. The van der Waals surface area contributed by atoms with Gasteiger partial charge in [-0.2, -0.15) is 0 Å². The number of pyridine rings is 1. The molecule has 10 rings (SSSR count). The summed E-state index contributed by atoms with van der Waals surface area (Å²) < 4.78 is 2.39. The van der Waals surface area contributed by atoms with Gasteiger partial charge in [0.15, 0.2) is 0 Å². The quantitative estimate of drug-likeness (QED) is 0.130. The van der Waals surface area contributed by atoms with E-state index in [0.717, 1.165) is 22.5 Å². The first-order valence-corrected chi connectivity index (χ1v) is 18.5. The van der Waals surface area contributed by atoms with Gasteiger partial charge in [-0.15, -0.1) is 0 Å². The van der Waals surface area contributed by atoms with Gasteiger partial charge in [-0.05, 0) is 92.3 Å². The molecule has 0 saturated heterocycles. The van der Waals surface area contributed by atoms with Crippen molar-refractivity contribution in [2.75, 3.05) is 0 Å². The molecule has 0 fully saturated rings. The summed E-state index contributed by atoms with van der Waals surface area (Å²) >= 11 is 0. The van der Waals surface area contributed by atoms with Gasteiger partial charge in [0.25, 0.3) is 0 Å². The van der Waals surface area contributed by atoms with Gasteiger partial charge in [0.05, 0.1) is 16.7 Å². The highest BCUT2D eigenvalue weighted by atomic mass is 15.0. The molecule has 2 nitrogen and oxygen atoms in total. The van der Waals surface area contributed by atoms with Crippen LogP contribution in [0, 0.1) is 0 Å². The molecule has 0 aliphatic rings. The molecule has 0 N–H and O–H groups in total. The third-order valence-corrected chi connectivity index (χ3v) is 10.3. The standard InChI is InChI=1S/C47H30N2.C5H8/c1-3-13-31(14-4-1)46-38-19-9-11-21-40(38)47(41-22-12-10-20-39(41)46)35-24-26-43(48-30-35)34-23-25-37-42-27-32-15-7-8-16-33(32)28-45(42)49(44(37)29-34)36-17-5-2-6-18-36;1-3-5-4-2/h1-30H;3-5H,1H2,2H3/b;5-4-. The van der Waals surface area contributed by atoms with E-state index < -0.39 is 0 Å². The maximum absolute atomic E-state index is 5.12. The van der Waals surface area contributed by atoms with Crippen molar-refractivity contribution in [1.29, 1.82) is 0 Å². The second-order valence-electron chi connectivity index (χ2n) is 13.5. The Labute approximate surface area is 315 Å². The Bertz CT molecular complexity index is 2930. The average molecular weight is 691 g/mol. The van der Waals surface area contributed by atoms with Gasteiger partial charge in [-0.25, -0.2) is 0 Å². The highest BCUT2D eigenvalue weighted by molar-refractivity contribution is 6.21. The molecule has 2 aromatic heterocycles. The fraction of sp³-hybridized carbons (Fsp3) is 0.0192. The van der Waals surface area contributed by atoms with Crippen molar-refractivity contribution < 1.29 is 0 Å². The van der Waals surface area contributed by atoms with Crippen molar-refractivity contribution in [3.05, 3.63) is 207 Å². The van der Waals surface area contributed by atoms with Crippen LogP contribution in [0.2, 0.25) is 0 Å². The number of para-hydroxylation sites is 1. The fourth-order valence-corrected chi connectivity index (χ4v) is 7.92. The van der Waals surface area contributed by atoms with Crippen LogP contribution in [-0.2, 0) is 0 Å². The van der Waals surface area contributed by atoms with Gasteiger partial charge >= 0.3 is 0 Å². The molecule has 0 saturated carbocycles. The molecule has 54 heavy (non-hydrogen) atoms. The minimum absolute atomic E-state index is 0.954. The summed E-state index contributed by atoms with van der Waals surface area (Å²) in [6, 6.07) is 63.4. The molecular weight excluding hydrogens is 653 g/mol. The maximum atomic E-state index is 5.12. The normalized spacial score (nSPS) is 11.4. The van der Waals surface area contributed by atoms with E-state index in [1.165, 1.54) is 70.8 Å². The SMILES string of the molecule is C=C/C=C\C.c1ccc(-c2c3ccccc3c(-c3ccc(-c4ccc5c6cc7ccccc7cc6n(-c6ccccc6)c5c4)nc3)c3ccccc23)cc1. The lowest BCUT2D eigenvalue weighted by Gasteiger charge is -2.17. The van der Waals surface area contributed by atoms with Crippen LogP contribution in [0.4, 0.5) is 0 Å². The number of aromatic nitrogens is 2. The molecule has 2 heteroatoms. The van der Waals surface area contributed by atoms with Gasteiger partial charge in [0.1, 0.15) is 0 Å². The van der Waals surface area contributed by atoms with E-state index in [0.29, 0.717) is 0 Å². The molecule has 0 atom stereocenters. The lowest BCUT2D eigenvalue weighted by atomic mass is 9.86. The molecular formula is C52H38N2. The van der Waals surface area contributed by atoms with E-state index in [1.807, 2.05) is 19.1 Å². The Hall–Kier alpha value is -7.03. The lowest BCUT2D eigenvalue weighted by molar-refractivity contribution is 1.18. The number of rotatable bonds is 5. The van der Waals surface area contributed by atoms with Crippen LogP contribution in [0.1, 0.15) is 6.92 Å². The largest absolute Gasteiger partial charge is 0.309 e. The lowest BCUT2D eigenvalue weighted by Crippen LogP contribution is -1.94. The minimum atomic E-state index is 0.954. The van der Waals surface area contributed by atoms with Crippen molar-refractivity contribution in [3.8, 4) is 39.2 Å². The summed E-state index contributed by atoms with van der Waals surface area (Å²) in [7, 11) is 0. The van der Waals surface area contributed by atoms with E-state index in [2.05, 4.69) is 193 Å². The van der Waals surface area contributed by atoms with Crippen molar-refractivity contribution in [2.24, 2.45) is 0 Å². The zero-order valence-corrected chi connectivity index (χ0v) is 30.2. The van der Waals surface area contributed by atoms with Crippen LogP contribution in [0.15, 0.2) is 207 Å². The Morgan fingerprint density at radius 3 is 1.57 bits per heavy atom. The van der Waals surface area contributed by atoms with E-state index in [9.17, 15) is 0 Å². The first-order chi connectivity index (χ1) is 26.7. The Morgan fingerprint density at radius 2 is 1.00 bits per heavy atom. The van der Waals surface area contributed by atoms with E-state index in [4.69, 9.17) is 4.98 Å². The second-order valence-corrected chi connectivity index (χ2v) is 13.5. The molecule has 0 aliphatic carbocycles. The summed E-state index contributed by atoms with van der Waals surface area (Å²) in [5.74, 6) is 0. The summed E-state index contributed by atoms with van der Waals surface area (Å²) in [4.78, 5) is 5.12. The number of fused-ring (bicyclic) bond motifs is 6. The number of benzene rings is 8. The van der Waals surface area contributed by atoms with E-state index in [-0.39, 0.29) is 0 Å². The zero-order chi connectivity index (χ0) is 36.4. The summed E-state index contributed by atoms with van der Waals surface area (Å²) in [6.45, 7) is 5.42. The number of nitrogens with zero attached hydrogens (tertiary/aromatic N) is 2. The number of hydrogen-bond acceptors (Lipinski definition) is 1. The van der Waals surface area contributed by atoms with Crippen molar-refractivity contribution >= 4 is 54.1 Å². The molecule has 0 amide bonds. The Kier molecular flexibility index (Phi) is 8.63. The smallest absolute Gasteiger partial charge is 0.0703 e. The predicted octanol–water partition coefficient (Wildman–Crippen LogP) is 14.4. The highest BCUT2D eigenvalue weighted by Gasteiger charge is 2.18. The molecule has 0 spiro atoms. The first-order valence-electron chi connectivity index (χ1n) is 18.5. The third-order valence-electron chi connectivity index (χ3n) is 10.3. The van der Waals surface area contributed by atoms with Crippen molar-refractivity contribution in [2.45, 2.75) is 6.92 Å². The van der Waals surface area contributed by atoms with Crippen molar-refractivity contribution in [1.82, 2.24) is 9.55 Å². The van der Waals surface area contributed by atoms with Crippen LogP contribution in [-0.4, -0.2) is 9.55 Å². The highest BCUT2D eigenvalue weighted by Crippen LogP contribution is 2.44. The third kappa shape index (κ3) is 5.75. The van der Waals surface area contributed by atoms with Gasteiger partial charge in [0.2, 0.25) is 0 Å². The predicted molar refractivity (Wildman–Crippen MR) is 232 cm³/mol. The van der Waals surface area contributed by atoms with Gasteiger partial charge in [-0.3, -0.25) is 4.98 Å².